The number of hydrogen-bond donors (Lipinski definition) is 1. The van der Waals surface area contributed by atoms with Crippen LogP contribution in [0.15, 0.2) is 35.7 Å². The van der Waals surface area contributed by atoms with Crippen LogP contribution in [0.2, 0.25) is 0 Å². The summed E-state index contributed by atoms with van der Waals surface area (Å²) in [6, 6.07) is 6.01. The van der Waals surface area contributed by atoms with E-state index in [0.29, 0.717) is 13.1 Å². The lowest BCUT2D eigenvalue weighted by Gasteiger charge is -2.32. The fraction of sp³-hybridized carbons (Fsp3) is 0.429. The Morgan fingerprint density at radius 1 is 1.18 bits per heavy atom. The standard InChI is InChI=1S/C21H23FN3O3/c22-16-5-3-15(4-6-16)13-24-14-17(7-11-23-9-1-2-10-23)25-12-8-18(26)20(27)19(25)21(24)28/h3-6,9,12,17H,1-2,7-8,10-11,13-14H2/q+1/p+1. The van der Waals surface area contributed by atoms with Crippen molar-refractivity contribution in [1.82, 2.24) is 4.90 Å². The van der Waals surface area contributed by atoms with Gasteiger partial charge in [-0.1, -0.05) is 12.1 Å². The average molecular weight is 385 g/mol. The number of piperazine rings is 1. The van der Waals surface area contributed by atoms with Gasteiger partial charge in [0, 0.05) is 19.4 Å². The number of halogens is 1. The highest BCUT2D eigenvalue weighted by Crippen LogP contribution is 2.25. The van der Waals surface area contributed by atoms with Gasteiger partial charge in [-0.2, -0.15) is 4.58 Å². The summed E-state index contributed by atoms with van der Waals surface area (Å²) >= 11 is 0. The van der Waals surface area contributed by atoms with E-state index >= 15 is 0 Å². The highest BCUT2D eigenvalue weighted by Gasteiger charge is 2.46. The van der Waals surface area contributed by atoms with Gasteiger partial charge in [0.05, 0.1) is 19.4 Å². The molecule has 1 N–H and O–H groups in total. The highest BCUT2D eigenvalue weighted by molar-refractivity contribution is 6.08. The molecule has 1 aromatic rings. The van der Waals surface area contributed by atoms with Gasteiger partial charge in [-0.3, -0.25) is 9.59 Å². The number of aliphatic hydroxyl groups is 1. The van der Waals surface area contributed by atoms with Crippen LogP contribution in [-0.4, -0.2) is 69.0 Å². The number of hydrogen-bond acceptors (Lipinski definition) is 3. The number of aliphatic hydroxyl groups excluding tert-OH is 1. The van der Waals surface area contributed by atoms with E-state index < -0.39 is 11.5 Å². The van der Waals surface area contributed by atoms with Crippen LogP contribution < -0.4 is 0 Å². The minimum Gasteiger partial charge on any atom is -0.500 e. The Bertz CT molecular complexity index is 902. The molecule has 146 valence electrons. The lowest BCUT2D eigenvalue weighted by Crippen LogP contribution is -2.53. The second-order valence-corrected chi connectivity index (χ2v) is 7.53. The molecule has 0 saturated carbocycles. The van der Waals surface area contributed by atoms with Gasteiger partial charge in [-0.15, -0.1) is 0 Å². The van der Waals surface area contributed by atoms with Crippen molar-refractivity contribution in [2.24, 2.45) is 0 Å². The monoisotopic (exact) mass is 385 g/mol. The molecule has 0 spiro atoms. The number of fused-ring (bicyclic) bond motifs is 1. The number of Topliss-reactive ketones (excluding diaryl/α,β-unsaturated/α-hetero) is 1. The molecule has 0 bridgehead atoms. The van der Waals surface area contributed by atoms with Gasteiger partial charge in [0.25, 0.3) is 0 Å². The summed E-state index contributed by atoms with van der Waals surface area (Å²) in [6.45, 7) is 2.71. The topological polar surface area (TPSA) is 63.6 Å². The molecule has 7 heteroatoms. The first-order valence-corrected chi connectivity index (χ1v) is 9.72. The third kappa shape index (κ3) is 3.61. The number of amides is 1. The summed E-state index contributed by atoms with van der Waals surface area (Å²) in [5.74, 6) is -1.58. The highest BCUT2D eigenvalue weighted by atomic mass is 19.1. The smallest absolute Gasteiger partial charge is 0.323 e. The number of carbonyl (C=O) groups is 2. The molecule has 1 atom stereocenters. The molecule has 1 amide bonds. The fourth-order valence-electron chi connectivity index (χ4n) is 4.10. The molecular formula is C21H24FN3O3+2. The third-order valence-corrected chi connectivity index (χ3v) is 5.61. The van der Waals surface area contributed by atoms with Crippen LogP contribution in [0.5, 0.6) is 0 Å². The van der Waals surface area contributed by atoms with E-state index in [1.807, 2.05) is 0 Å². The molecule has 3 heterocycles. The zero-order valence-corrected chi connectivity index (χ0v) is 15.7. The summed E-state index contributed by atoms with van der Waals surface area (Å²) in [6.07, 6.45) is 7.11. The number of nitrogens with zero attached hydrogens (tertiary/aromatic N) is 3. The normalized spacial score (nSPS) is 22.3. The zero-order chi connectivity index (χ0) is 19.7. The summed E-state index contributed by atoms with van der Waals surface area (Å²) in [5.41, 5.74) is 0.876. The van der Waals surface area contributed by atoms with Crippen molar-refractivity contribution in [3.63, 3.8) is 0 Å². The molecule has 6 nitrogen and oxygen atoms in total. The maximum absolute atomic E-state index is 13.2. The largest absolute Gasteiger partial charge is 0.500 e. The van der Waals surface area contributed by atoms with Crippen LogP contribution in [0.25, 0.3) is 0 Å². The van der Waals surface area contributed by atoms with E-state index in [1.165, 1.54) is 12.1 Å². The first-order valence-electron chi connectivity index (χ1n) is 9.72. The lowest BCUT2D eigenvalue weighted by atomic mass is 10.0. The number of ketones is 1. The van der Waals surface area contributed by atoms with Crippen LogP contribution in [0.3, 0.4) is 0 Å². The Hall–Kier alpha value is -2.83. The predicted molar refractivity (Wildman–Crippen MR) is 101 cm³/mol. The lowest BCUT2D eigenvalue weighted by molar-refractivity contribution is -0.551. The minimum absolute atomic E-state index is 0.0163. The molecule has 3 aliphatic heterocycles. The summed E-state index contributed by atoms with van der Waals surface area (Å²) < 4.78 is 17.3. The van der Waals surface area contributed by atoms with Crippen molar-refractivity contribution >= 4 is 24.1 Å². The van der Waals surface area contributed by atoms with Gasteiger partial charge in [-0.05, 0) is 17.7 Å². The quantitative estimate of drug-likeness (QED) is 0.784. The van der Waals surface area contributed by atoms with Crippen molar-refractivity contribution in [3.05, 3.63) is 47.1 Å². The molecule has 3 aliphatic rings. The first kappa shape index (κ1) is 18.5. The van der Waals surface area contributed by atoms with Gasteiger partial charge in [-0.25, -0.2) is 8.97 Å². The van der Waals surface area contributed by atoms with Crippen LogP contribution in [0.4, 0.5) is 4.39 Å². The predicted octanol–water partition coefficient (Wildman–Crippen LogP) is 1.63. The molecule has 1 aromatic carbocycles. The van der Waals surface area contributed by atoms with Crippen LogP contribution in [-0.2, 0) is 16.1 Å². The molecular weight excluding hydrogens is 361 g/mol. The van der Waals surface area contributed by atoms with Crippen molar-refractivity contribution in [2.45, 2.75) is 38.3 Å². The van der Waals surface area contributed by atoms with Crippen molar-refractivity contribution in [3.8, 4) is 0 Å². The van der Waals surface area contributed by atoms with Crippen LogP contribution in [0.1, 0.15) is 31.2 Å². The van der Waals surface area contributed by atoms with Crippen molar-refractivity contribution in [1.29, 1.82) is 0 Å². The number of benzene rings is 1. The maximum Gasteiger partial charge on any atom is 0.323 e. The van der Waals surface area contributed by atoms with Gasteiger partial charge in [0.1, 0.15) is 25.1 Å². The summed E-state index contributed by atoms with van der Waals surface area (Å²) in [5, 5.41) is 10.3. The summed E-state index contributed by atoms with van der Waals surface area (Å²) in [7, 11) is 0. The third-order valence-electron chi connectivity index (χ3n) is 5.61. The first-order chi connectivity index (χ1) is 13.5. The molecule has 1 saturated heterocycles. The SMILES string of the molecule is O=C1CC=[N+]2C(=C1O)C(=O)N(Cc1ccc(F)cc1)CC2CC[N+]1=CCCC1. The average Bonchev–Trinajstić information content (AvgIpc) is 3.21. The molecule has 28 heavy (non-hydrogen) atoms. The summed E-state index contributed by atoms with van der Waals surface area (Å²) in [4.78, 5) is 26.6. The van der Waals surface area contributed by atoms with Crippen molar-refractivity contribution < 1.29 is 28.2 Å². The van der Waals surface area contributed by atoms with Gasteiger partial charge in [0.2, 0.25) is 11.5 Å². The van der Waals surface area contributed by atoms with E-state index in [2.05, 4.69) is 10.8 Å². The molecule has 4 rings (SSSR count). The Morgan fingerprint density at radius 2 is 1.96 bits per heavy atom. The fourth-order valence-corrected chi connectivity index (χ4v) is 4.10. The van der Waals surface area contributed by atoms with E-state index in [0.717, 1.165) is 37.9 Å². The molecule has 1 fully saturated rings. The molecule has 0 aromatic heterocycles. The number of carbonyl (C=O) groups excluding carboxylic acids is 2. The number of rotatable bonds is 5. The maximum atomic E-state index is 13.2. The minimum atomic E-state index is -0.450. The van der Waals surface area contributed by atoms with E-state index in [4.69, 9.17) is 0 Å². The van der Waals surface area contributed by atoms with Gasteiger partial charge in [0.15, 0.2) is 12.3 Å². The van der Waals surface area contributed by atoms with Gasteiger partial charge < -0.3 is 10.0 Å². The molecule has 0 radical (unpaired) electrons. The van der Waals surface area contributed by atoms with Crippen LogP contribution >= 0.6 is 0 Å². The van der Waals surface area contributed by atoms with E-state index in [1.54, 1.807) is 27.8 Å². The zero-order valence-electron chi connectivity index (χ0n) is 15.7. The number of allylic oxidation sites excluding steroid dienone is 1. The molecule has 0 aliphatic carbocycles. The van der Waals surface area contributed by atoms with E-state index in [9.17, 15) is 19.1 Å². The van der Waals surface area contributed by atoms with E-state index in [-0.39, 0.29) is 29.9 Å². The van der Waals surface area contributed by atoms with Crippen molar-refractivity contribution in [2.75, 3.05) is 19.6 Å². The Labute approximate surface area is 162 Å². The second kappa shape index (κ2) is 7.66. The van der Waals surface area contributed by atoms with Gasteiger partial charge >= 0.3 is 11.6 Å². The Morgan fingerprint density at radius 3 is 2.68 bits per heavy atom. The Kier molecular flexibility index (Phi) is 5.07. The Balaban J connectivity index is 1.59. The molecule has 1 unspecified atom stereocenters. The van der Waals surface area contributed by atoms with Crippen LogP contribution in [0, 0.1) is 5.82 Å². The second-order valence-electron chi connectivity index (χ2n) is 7.53.